The number of aliphatic hydroxyl groups is 1. The van der Waals surface area contributed by atoms with Gasteiger partial charge in [0.2, 0.25) is 0 Å². The third kappa shape index (κ3) is 76.1. The summed E-state index contributed by atoms with van der Waals surface area (Å²) in [4.78, 5) is 73.0. The molecule has 0 aliphatic heterocycles. The first-order valence-corrected chi connectivity index (χ1v) is 45.6. The zero-order chi connectivity index (χ0) is 74.1. The molecule has 0 aromatic carbocycles. The number of esters is 4. The number of rotatable bonds is 82. The summed E-state index contributed by atoms with van der Waals surface area (Å²) in [5.74, 6) is -1.36. The highest BCUT2D eigenvalue weighted by atomic mass is 31.2. The van der Waals surface area contributed by atoms with Gasteiger partial charge in [0.15, 0.2) is 12.2 Å². The summed E-state index contributed by atoms with van der Waals surface area (Å²) in [7, 11) is -9.92. The summed E-state index contributed by atoms with van der Waals surface area (Å²) in [6.07, 6.45) is 66.8. The highest BCUT2D eigenvalue weighted by Crippen LogP contribution is 2.45. The van der Waals surface area contributed by atoms with Crippen LogP contribution in [0.15, 0.2) is 0 Å². The van der Waals surface area contributed by atoms with Gasteiger partial charge in [0.05, 0.1) is 26.4 Å². The maximum Gasteiger partial charge on any atom is 0.472 e. The van der Waals surface area contributed by atoms with E-state index in [9.17, 15) is 43.2 Å². The Morgan fingerprint density at radius 2 is 0.455 bits per heavy atom. The number of phosphoric acid groups is 2. The largest absolute Gasteiger partial charge is 0.472 e. The zero-order valence-electron chi connectivity index (χ0n) is 66.1. The van der Waals surface area contributed by atoms with Crippen molar-refractivity contribution < 1.29 is 80.2 Å². The van der Waals surface area contributed by atoms with Crippen molar-refractivity contribution in [2.75, 3.05) is 39.6 Å². The zero-order valence-corrected chi connectivity index (χ0v) is 67.8. The number of aliphatic hydroxyl groups excluding tert-OH is 1. The lowest BCUT2D eigenvalue weighted by molar-refractivity contribution is -0.161. The molecule has 0 saturated carbocycles. The van der Waals surface area contributed by atoms with Gasteiger partial charge in [0, 0.05) is 25.7 Å². The van der Waals surface area contributed by atoms with E-state index in [1.54, 1.807) is 0 Å². The van der Waals surface area contributed by atoms with Crippen LogP contribution >= 0.6 is 15.6 Å². The molecule has 0 aliphatic carbocycles. The topological polar surface area (TPSA) is 237 Å². The number of hydrogen-bond acceptors (Lipinski definition) is 15. The molecule has 600 valence electrons. The van der Waals surface area contributed by atoms with E-state index in [2.05, 4.69) is 34.6 Å². The fourth-order valence-corrected chi connectivity index (χ4v) is 14.3. The van der Waals surface area contributed by atoms with Gasteiger partial charge in [0.25, 0.3) is 0 Å². The molecular weight excluding hydrogens is 1320 g/mol. The Kier molecular flexibility index (Phi) is 73.5. The van der Waals surface area contributed by atoms with Gasteiger partial charge in [-0.25, -0.2) is 9.13 Å². The molecule has 0 aromatic rings. The number of carbonyl (C=O) groups excluding carboxylic acids is 4. The first kappa shape index (κ1) is 99.1. The molecule has 2 unspecified atom stereocenters. The van der Waals surface area contributed by atoms with Crippen molar-refractivity contribution in [3.05, 3.63) is 0 Å². The Bertz CT molecular complexity index is 1930. The molecule has 0 heterocycles. The lowest BCUT2D eigenvalue weighted by atomic mass is 10.0. The van der Waals surface area contributed by atoms with Gasteiger partial charge in [-0.2, -0.15) is 0 Å². The molecule has 0 amide bonds. The number of carbonyl (C=O) groups is 4. The smallest absolute Gasteiger partial charge is 0.462 e. The summed E-state index contributed by atoms with van der Waals surface area (Å²) < 4.78 is 68.7. The molecule has 0 fully saturated rings. The van der Waals surface area contributed by atoms with Crippen LogP contribution in [0, 0.1) is 5.92 Å². The fraction of sp³-hybridized carbons (Fsp3) is 0.951. The summed E-state index contributed by atoms with van der Waals surface area (Å²) in [5.41, 5.74) is 0. The number of unbranched alkanes of at least 4 members (excludes halogenated alkanes) is 54. The van der Waals surface area contributed by atoms with Gasteiger partial charge < -0.3 is 33.8 Å². The van der Waals surface area contributed by atoms with Gasteiger partial charge >= 0.3 is 39.5 Å². The number of ether oxygens (including phenoxy) is 4. The summed E-state index contributed by atoms with van der Waals surface area (Å²) in [6, 6.07) is 0. The van der Waals surface area contributed by atoms with Crippen LogP contribution in [-0.2, 0) is 65.4 Å². The van der Waals surface area contributed by atoms with Gasteiger partial charge in [-0.3, -0.25) is 37.3 Å². The van der Waals surface area contributed by atoms with E-state index in [1.165, 1.54) is 263 Å². The third-order valence-corrected chi connectivity index (χ3v) is 21.2. The summed E-state index contributed by atoms with van der Waals surface area (Å²) >= 11 is 0. The average Bonchev–Trinajstić information content (AvgIpc) is 0.934. The molecule has 0 saturated heterocycles. The highest BCUT2D eigenvalue weighted by Gasteiger charge is 2.30. The van der Waals surface area contributed by atoms with Crippen LogP contribution in [0.4, 0.5) is 0 Å². The standard InChI is InChI=1S/C82H160O17P2/c1-6-9-12-15-18-21-23-25-27-29-31-32-33-35-37-39-41-47-52-57-62-67-81(86)98-78(72-93-80(85)66-61-56-51-46-40-38-36-34-30-28-26-24-22-19-16-13-10-7-2)74-97-101(90,91)95-70-76(83)69-94-100(88,89)96-73-77(71-92-79(84)65-60-55-50-44-20-17-14-11-8-3)99-82(87)68-63-58-53-48-43-42-45-49-54-59-64-75(4)5/h75-78,83H,6-74H2,1-5H3,(H,88,89)(H,90,91)/t76-,77+,78+/m0/s1. The molecular formula is C82H160O17P2. The molecule has 0 spiro atoms. The van der Waals surface area contributed by atoms with Gasteiger partial charge in [-0.15, -0.1) is 0 Å². The number of hydrogen-bond donors (Lipinski definition) is 3. The molecule has 19 heteroatoms. The van der Waals surface area contributed by atoms with Crippen molar-refractivity contribution in [1.82, 2.24) is 0 Å². The Hall–Kier alpha value is -1.94. The quantitative estimate of drug-likeness (QED) is 0.0222. The average molecular weight is 1480 g/mol. The van der Waals surface area contributed by atoms with Gasteiger partial charge in [-0.05, 0) is 31.6 Å². The summed E-state index contributed by atoms with van der Waals surface area (Å²) in [6.45, 7) is 7.31. The van der Waals surface area contributed by atoms with E-state index < -0.39 is 97.5 Å². The van der Waals surface area contributed by atoms with Crippen molar-refractivity contribution in [1.29, 1.82) is 0 Å². The van der Waals surface area contributed by atoms with E-state index in [4.69, 9.17) is 37.0 Å². The maximum absolute atomic E-state index is 13.1. The first-order valence-electron chi connectivity index (χ1n) is 42.6. The van der Waals surface area contributed by atoms with E-state index in [1.807, 2.05) is 0 Å². The highest BCUT2D eigenvalue weighted by molar-refractivity contribution is 7.47. The molecule has 17 nitrogen and oxygen atoms in total. The molecule has 0 radical (unpaired) electrons. The Morgan fingerprint density at radius 3 is 0.673 bits per heavy atom. The second kappa shape index (κ2) is 74.9. The van der Waals surface area contributed by atoms with Crippen LogP contribution in [0.1, 0.15) is 439 Å². The van der Waals surface area contributed by atoms with Crippen LogP contribution in [0.3, 0.4) is 0 Å². The van der Waals surface area contributed by atoms with E-state index in [-0.39, 0.29) is 25.7 Å². The van der Waals surface area contributed by atoms with Crippen LogP contribution in [-0.4, -0.2) is 96.7 Å². The molecule has 0 rings (SSSR count). The second-order valence-corrected chi connectivity index (χ2v) is 32.9. The predicted molar refractivity (Wildman–Crippen MR) is 414 cm³/mol. The SMILES string of the molecule is CCCCCCCCCCCCCCCCCCCCCCCC(=O)O[C@H](COC(=O)CCCCCCCCCCCCCCCCCCCC)COP(=O)(O)OC[C@@H](O)COP(=O)(O)OC[C@@H](COC(=O)CCCCCCCCCCC)OC(=O)CCCCCCCCCCCCC(C)C. The second-order valence-electron chi connectivity index (χ2n) is 30.0. The van der Waals surface area contributed by atoms with E-state index in [0.29, 0.717) is 25.7 Å². The minimum atomic E-state index is -4.96. The van der Waals surface area contributed by atoms with Crippen molar-refractivity contribution in [3.63, 3.8) is 0 Å². The van der Waals surface area contributed by atoms with Crippen LogP contribution in [0.2, 0.25) is 0 Å². The first-order chi connectivity index (χ1) is 49.0. The minimum Gasteiger partial charge on any atom is -0.462 e. The molecule has 0 aliphatic rings. The predicted octanol–water partition coefficient (Wildman–Crippen LogP) is 24.8. The van der Waals surface area contributed by atoms with Crippen LogP contribution in [0.25, 0.3) is 0 Å². The van der Waals surface area contributed by atoms with Gasteiger partial charge in [-0.1, -0.05) is 388 Å². The normalized spacial score (nSPS) is 13.8. The monoisotopic (exact) mass is 1480 g/mol. The van der Waals surface area contributed by atoms with Crippen LogP contribution in [0.5, 0.6) is 0 Å². The molecule has 5 atom stereocenters. The Labute approximate surface area is 619 Å². The van der Waals surface area contributed by atoms with Crippen molar-refractivity contribution in [3.8, 4) is 0 Å². The lowest BCUT2D eigenvalue weighted by Gasteiger charge is -2.21. The van der Waals surface area contributed by atoms with Crippen molar-refractivity contribution >= 4 is 39.5 Å². The van der Waals surface area contributed by atoms with E-state index >= 15 is 0 Å². The summed E-state index contributed by atoms with van der Waals surface area (Å²) in [5, 5.41) is 10.6. The van der Waals surface area contributed by atoms with Crippen LogP contribution < -0.4 is 0 Å². The van der Waals surface area contributed by atoms with Gasteiger partial charge in [0.1, 0.15) is 19.3 Å². The fourth-order valence-electron chi connectivity index (χ4n) is 12.8. The lowest BCUT2D eigenvalue weighted by Crippen LogP contribution is -2.30. The molecule has 101 heavy (non-hydrogen) atoms. The third-order valence-electron chi connectivity index (χ3n) is 19.3. The molecule has 3 N–H and O–H groups in total. The maximum atomic E-state index is 13.1. The molecule has 0 aromatic heterocycles. The van der Waals surface area contributed by atoms with Crippen molar-refractivity contribution in [2.45, 2.75) is 457 Å². The van der Waals surface area contributed by atoms with E-state index in [0.717, 1.165) is 95.8 Å². The Morgan fingerprint density at radius 1 is 0.267 bits per heavy atom. The number of phosphoric ester groups is 2. The minimum absolute atomic E-state index is 0.106. The Balaban J connectivity index is 5.20. The van der Waals surface area contributed by atoms with Crippen molar-refractivity contribution in [2.24, 2.45) is 5.92 Å². The molecule has 0 bridgehead atoms.